The van der Waals surface area contributed by atoms with Crippen molar-refractivity contribution in [3.8, 4) is 5.75 Å². The van der Waals surface area contributed by atoms with E-state index in [1.165, 1.54) is 7.11 Å². The third kappa shape index (κ3) is 5.30. The first-order chi connectivity index (χ1) is 9.21. The summed E-state index contributed by atoms with van der Waals surface area (Å²) in [4.78, 5) is 11.7. The molecule has 0 aliphatic rings. The van der Waals surface area contributed by atoms with E-state index in [1.54, 1.807) is 7.11 Å². The highest BCUT2D eigenvalue weighted by atomic mass is 16.5. The number of methoxy groups -OCH3 is 2. The van der Waals surface area contributed by atoms with E-state index in [0.29, 0.717) is 6.54 Å². The van der Waals surface area contributed by atoms with E-state index in [0.717, 1.165) is 30.6 Å². The van der Waals surface area contributed by atoms with Gasteiger partial charge in [-0.25, -0.2) is 0 Å². The lowest BCUT2D eigenvalue weighted by molar-refractivity contribution is -0.143. The van der Waals surface area contributed by atoms with Crippen LogP contribution in [0.1, 0.15) is 31.7 Å². The number of carbonyl (C=O) groups excluding carboxylic acids is 1. The molecule has 0 aliphatic carbocycles. The standard InChI is InChI=1S/C15H23NO3/c1-4-5-9-14(15(17)19-3)16-11-12-7-6-8-13(10-12)18-2/h6-8,10,14,16H,4-5,9,11H2,1-3H3. The van der Waals surface area contributed by atoms with Crippen LogP contribution in [0.4, 0.5) is 0 Å². The summed E-state index contributed by atoms with van der Waals surface area (Å²) in [5.74, 6) is 0.624. The first kappa shape index (κ1) is 15.5. The Labute approximate surface area is 115 Å². The lowest BCUT2D eigenvalue weighted by Crippen LogP contribution is -2.37. The molecule has 0 aromatic heterocycles. The Balaban J connectivity index is 2.56. The van der Waals surface area contributed by atoms with Gasteiger partial charge in [-0.2, -0.15) is 0 Å². The summed E-state index contributed by atoms with van der Waals surface area (Å²) >= 11 is 0. The number of hydrogen-bond acceptors (Lipinski definition) is 4. The molecule has 0 saturated heterocycles. The van der Waals surface area contributed by atoms with Gasteiger partial charge in [0.1, 0.15) is 11.8 Å². The maximum absolute atomic E-state index is 11.7. The lowest BCUT2D eigenvalue weighted by Gasteiger charge is -2.16. The maximum atomic E-state index is 11.7. The van der Waals surface area contributed by atoms with Crippen molar-refractivity contribution in [2.45, 2.75) is 38.8 Å². The Morgan fingerprint density at radius 1 is 1.37 bits per heavy atom. The van der Waals surface area contributed by atoms with Crippen LogP contribution in [0.15, 0.2) is 24.3 Å². The molecule has 1 aromatic rings. The molecule has 1 atom stereocenters. The number of nitrogens with one attached hydrogen (secondary N) is 1. The third-order valence-corrected chi connectivity index (χ3v) is 3.02. The van der Waals surface area contributed by atoms with Crippen molar-refractivity contribution < 1.29 is 14.3 Å². The number of unbranched alkanes of at least 4 members (excludes halogenated alkanes) is 1. The van der Waals surface area contributed by atoms with Gasteiger partial charge in [-0.05, 0) is 24.1 Å². The molecule has 19 heavy (non-hydrogen) atoms. The number of benzene rings is 1. The van der Waals surface area contributed by atoms with Crippen LogP contribution >= 0.6 is 0 Å². The minimum atomic E-state index is -0.240. The first-order valence-electron chi connectivity index (χ1n) is 6.65. The van der Waals surface area contributed by atoms with Crippen LogP contribution < -0.4 is 10.1 Å². The largest absolute Gasteiger partial charge is 0.497 e. The fourth-order valence-electron chi connectivity index (χ4n) is 1.88. The summed E-state index contributed by atoms with van der Waals surface area (Å²) < 4.78 is 9.99. The van der Waals surface area contributed by atoms with E-state index in [2.05, 4.69) is 12.2 Å². The molecule has 0 spiro atoms. The summed E-state index contributed by atoms with van der Waals surface area (Å²) in [5, 5.41) is 3.24. The van der Waals surface area contributed by atoms with E-state index in [1.807, 2.05) is 24.3 Å². The molecule has 0 bridgehead atoms. The molecule has 1 aromatic carbocycles. The maximum Gasteiger partial charge on any atom is 0.322 e. The molecular weight excluding hydrogens is 242 g/mol. The number of ether oxygens (including phenoxy) is 2. The summed E-state index contributed by atoms with van der Waals surface area (Å²) in [7, 11) is 3.07. The fourth-order valence-corrected chi connectivity index (χ4v) is 1.88. The van der Waals surface area contributed by atoms with Crippen molar-refractivity contribution in [2.24, 2.45) is 0 Å². The highest BCUT2D eigenvalue weighted by Crippen LogP contribution is 2.13. The summed E-state index contributed by atoms with van der Waals surface area (Å²) in [6.07, 6.45) is 2.87. The van der Waals surface area contributed by atoms with Crippen molar-refractivity contribution in [1.82, 2.24) is 5.32 Å². The SMILES string of the molecule is CCCCC(NCc1cccc(OC)c1)C(=O)OC. The normalized spacial score (nSPS) is 11.9. The summed E-state index contributed by atoms with van der Waals surface area (Å²) in [5.41, 5.74) is 1.09. The smallest absolute Gasteiger partial charge is 0.322 e. The van der Waals surface area contributed by atoms with Gasteiger partial charge in [-0.1, -0.05) is 31.9 Å². The number of rotatable bonds is 8. The molecule has 0 fully saturated rings. The van der Waals surface area contributed by atoms with E-state index in [-0.39, 0.29) is 12.0 Å². The Morgan fingerprint density at radius 3 is 2.79 bits per heavy atom. The van der Waals surface area contributed by atoms with Gasteiger partial charge in [0.2, 0.25) is 0 Å². The number of hydrogen-bond donors (Lipinski definition) is 1. The highest BCUT2D eigenvalue weighted by Gasteiger charge is 2.17. The van der Waals surface area contributed by atoms with Crippen molar-refractivity contribution in [3.63, 3.8) is 0 Å². The van der Waals surface area contributed by atoms with Gasteiger partial charge in [-0.3, -0.25) is 4.79 Å². The van der Waals surface area contributed by atoms with Gasteiger partial charge in [0.05, 0.1) is 14.2 Å². The molecule has 1 N–H and O–H groups in total. The molecule has 4 nitrogen and oxygen atoms in total. The molecular formula is C15H23NO3. The molecule has 1 unspecified atom stereocenters. The Bertz CT molecular complexity index is 393. The van der Waals surface area contributed by atoms with Gasteiger partial charge in [0, 0.05) is 6.54 Å². The van der Waals surface area contributed by atoms with Crippen molar-refractivity contribution in [3.05, 3.63) is 29.8 Å². The summed E-state index contributed by atoms with van der Waals surface area (Å²) in [6, 6.07) is 7.56. The van der Waals surface area contributed by atoms with Crippen molar-refractivity contribution >= 4 is 5.97 Å². The highest BCUT2D eigenvalue weighted by molar-refractivity contribution is 5.75. The monoisotopic (exact) mass is 265 g/mol. The average Bonchev–Trinajstić information content (AvgIpc) is 2.46. The number of carbonyl (C=O) groups is 1. The molecule has 0 radical (unpaired) electrons. The van der Waals surface area contributed by atoms with Crippen molar-refractivity contribution in [2.75, 3.05) is 14.2 Å². The Morgan fingerprint density at radius 2 is 2.16 bits per heavy atom. The molecule has 4 heteroatoms. The second-order valence-corrected chi connectivity index (χ2v) is 4.45. The zero-order valence-corrected chi connectivity index (χ0v) is 11.9. The molecule has 0 amide bonds. The van der Waals surface area contributed by atoms with Crippen LogP contribution in [0.2, 0.25) is 0 Å². The topological polar surface area (TPSA) is 47.6 Å². The van der Waals surface area contributed by atoms with E-state index < -0.39 is 0 Å². The minimum Gasteiger partial charge on any atom is -0.497 e. The van der Waals surface area contributed by atoms with Gasteiger partial charge >= 0.3 is 5.97 Å². The number of esters is 1. The molecule has 0 aliphatic heterocycles. The van der Waals surface area contributed by atoms with E-state index >= 15 is 0 Å². The predicted octanol–water partition coefficient (Wildman–Crippen LogP) is 2.52. The van der Waals surface area contributed by atoms with Crippen LogP contribution in [0.25, 0.3) is 0 Å². The quantitative estimate of drug-likeness (QED) is 0.734. The van der Waals surface area contributed by atoms with Crippen LogP contribution in [-0.2, 0) is 16.1 Å². The zero-order valence-electron chi connectivity index (χ0n) is 11.9. The average molecular weight is 265 g/mol. The van der Waals surface area contributed by atoms with Gasteiger partial charge in [0.25, 0.3) is 0 Å². The second kappa shape index (κ2) is 8.53. The lowest BCUT2D eigenvalue weighted by atomic mass is 10.1. The van der Waals surface area contributed by atoms with Gasteiger partial charge in [-0.15, -0.1) is 0 Å². The van der Waals surface area contributed by atoms with Crippen LogP contribution in [0, 0.1) is 0 Å². The molecule has 1 rings (SSSR count). The molecule has 0 saturated carbocycles. The first-order valence-corrected chi connectivity index (χ1v) is 6.65. The van der Waals surface area contributed by atoms with E-state index in [4.69, 9.17) is 9.47 Å². The fraction of sp³-hybridized carbons (Fsp3) is 0.533. The van der Waals surface area contributed by atoms with E-state index in [9.17, 15) is 4.79 Å². The second-order valence-electron chi connectivity index (χ2n) is 4.45. The summed E-state index contributed by atoms with van der Waals surface area (Å²) in [6.45, 7) is 2.73. The van der Waals surface area contributed by atoms with Crippen LogP contribution in [0.3, 0.4) is 0 Å². The van der Waals surface area contributed by atoms with Crippen molar-refractivity contribution in [1.29, 1.82) is 0 Å². The van der Waals surface area contributed by atoms with Crippen LogP contribution in [0.5, 0.6) is 5.75 Å². The Hall–Kier alpha value is -1.55. The van der Waals surface area contributed by atoms with Gasteiger partial charge < -0.3 is 14.8 Å². The molecule has 0 heterocycles. The predicted molar refractivity (Wildman–Crippen MR) is 75.2 cm³/mol. The van der Waals surface area contributed by atoms with Crippen LogP contribution in [-0.4, -0.2) is 26.2 Å². The Kier molecular flexibility index (Phi) is 6.97. The zero-order chi connectivity index (χ0) is 14.1. The van der Waals surface area contributed by atoms with Gasteiger partial charge in [0.15, 0.2) is 0 Å². The molecule has 106 valence electrons. The minimum absolute atomic E-state index is 0.198. The third-order valence-electron chi connectivity index (χ3n) is 3.02.